The van der Waals surface area contributed by atoms with E-state index in [9.17, 15) is 9.59 Å². The lowest BCUT2D eigenvalue weighted by Crippen LogP contribution is -2.35. The maximum Gasteiger partial charge on any atom is 0.424 e. The molecular formula is C14H18N4O3. The number of aromatic nitrogens is 4. The SMILES string of the molecule is C=C(c1ccc[nH]1)n1nc(C)n(C(=O)OC(C)(C)C)c1=O. The lowest BCUT2D eigenvalue weighted by atomic mass is 10.2. The van der Waals surface area contributed by atoms with Crippen LogP contribution in [0.2, 0.25) is 0 Å². The van der Waals surface area contributed by atoms with Crippen molar-refractivity contribution in [1.29, 1.82) is 0 Å². The summed E-state index contributed by atoms with van der Waals surface area (Å²) in [5.74, 6) is 0.238. The molecule has 0 saturated carbocycles. The predicted octanol–water partition coefficient (Wildman–Crippen LogP) is 1.98. The van der Waals surface area contributed by atoms with Gasteiger partial charge in [0.25, 0.3) is 0 Å². The topological polar surface area (TPSA) is 81.9 Å². The maximum atomic E-state index is 12.3. The smallest absolute Gasteiger partial charge is 0.424 e. The first-order valence-electron chi connectivity index (χ1n) is 6.46. The molecule has 0 atom stereocenters. The minimum Gasteiger partial charge on any atom is -0.443 e. The van der Waals surface area contributed by atoms with Crippen LogP contribution in [0.25, 0.3) is 5.70 Å². The molecule has 0 aliphatic rings. The Morgan fingerprint density at radius 3 is 2.62 bits per heavy atom. The van der Waals surface area contributed by atoms with Gasteiger partial charge in [0.1, 0.15) is 11.4 Å². The van der Waals surface area contributed by atoms with Gasteiger partial charge in [-0.25, -0.2) is 9.59 Å². The summed E-state index contributed by atoms with van der Waals surface area (Å²) in [7, 11) is 0. The van der Waals surface area contributed by atoms with E-state index < -0.39 is 17.4 Å². The molecule has 2 rings (SSSR count). The fraction of sp³-hybridized carbons (Fsp3) is 0.357. The highest BCUT2D eigenvalue weighted by Gasteiger charge is 2.24. The zero-order valence-electron chi connectivity index (χ0n) is 12.5. The van der Waals surface area contributed by atoms with Crippen molar-refractivity contribution >= 4 is 11.8 Å². The van der Waals surface area contributed by atoms with Gasteiger partial charge in [0.15, 0.2) is 0 Å². The lowest BCUT2D eigenvalue weighted by Gasteiger charge is -2.19. The van der Waals surface area contributed by atoms with Crippen LogP contribution in [-0.2, 0) is 4.74 Å². The van der Waals surface area contributed by atoms with Gasteiger partial charge in [-0.2, -0.15) is 9.25 Å². The lowest BCUT2D eigenvalue weighted by molar-refractivity contribution is 0.0527. The van der Waals surface area contributed by atoms with Gasteiger partial charge >= 0.3 is 11.8 Å². The number of carbonyl (C=O) groups is 1. The summed E-state index contributed by atoms with van der Waals surface area (Å²) in [6.45, 7) is 10.6. The van der Waals surface area contributed by atoms with Crippen LogP contribution in [-0.4, -0.2) is 31.0 Å². The second kappa shape index (κ2) is 5.08. The van der Waals surface area contributed by atoms with E-state index in [0.29, 0.717) is 11.4 Å². The van der Waals surface area contributed by atoms with Crippen LogP contribution in [0.15, 0.2) is 29.7 Å². The highest BCUT2D eigenvalue weighted by atomic mass is 16.6. The first-order chi connectivity index (χ1) is 9.70. The van der Waals surface area contributed by atoms with Crippen LogP contribution in [0.4, 0.5) is 4.79 Å². The fourth-order valence-corrected chi connectivity index (χ4v) is 1.78. The van der Waals surface area contributed by atoms with Crippen molar-refractivity contribution in [3.05, 3.63) is 46.9 Å². The van der Waals surface area contributed by atoms with E-state index in [4.69, 9.17) is 4.74 Å². The third-order valence-electron chi connectivity index (χ3n) is 2.68. The molecule has 0 spiro atoms. The molecule has 0 aliphatic heterocycles. The summed E-state index contributed by atoms with van der Waals surface area (Å²) >= 11 is 0. The molecule has 7 nitrogen and oxygen atoms in total. The first-order valence-corrected chi connectivity index (χ1v) is 6.46. The molecule has 0 unspecified atom stereocenters. The summed E-state index contributed by atoms with van der Waals surface area (Å²) in [4.78, 5) is 27.4. The fourth-order valence-electron chi connectivity index (χ4n) is 1.78. The van der Waals surface area contributed by atoms with Crippen molar-refractivity contribution in [3.8, 4) is 0 Å². The summed E-state index contributed by atoms with van der Waals surface area (Å²) < 4.78 is 7.17. The van der Waals surface area contributed by atoms with Crippen molar-refractivity contribution in [2.24, 2.45) is 0 Å². The molecule has 0 aliphatic carbocycles. The van der Waals surface area contributed by atoms with Crippen molar-refractivity contribution in [1.82, 2.24) is 19.3 Å². The number of aryl methyl sites for hydroxylation is 1. The molecule has 112 valence electrons. The number of nitrogens with zero attached hydrogens (tertiary/aromatic N) is 3. The minimum absolute atomic E-state index is 0.238. The van der Waals surface area contributed by atoms with Crippen molar-refractivity contribution in [2.45, 2.75) is 33.3 Å². The van der Waals surface area contributed by atoms with Gasteiger partial charge in [-0.1, -0.05) is 6.58 Å². The summed E-state index contributed by atoms with van der Waals surface area (Å²) in [6.07, 6.45) is 0.957. The van der Waals surface area contributed by atoms with Gasteiger partial charge in [-0.05, 0) is 39.8 Å². The number of hydrogen-bond acceptors (Lipinski definition) is 4. The molecule has 1 N–H and O–H groups in total. The quantitative estimate of drug-likeness (QED) is 0.917. The molecular weight excluding hydrogens is 272 g/mol. The second-order valence-corrected chi connectivity index (χ2v) is 5.59. The Kier molecular flexibility index (Phi) is 3.59. The third kappa shape index (κ3) is 2.96. The molecule has 0 amide bonds. The molecule has 2 heterocycles. The van der Waals surface area contributed by atoms with Crippen molar-refractivity contribution < 1.29 is 9.53 Å². The average molecular weight is 290 g/mol. The van der Waals surface area contributed by atoms with Gasteiger partial charge in [-0.15, -0.1) is 5.10 Å². The molecule has 0 aromatic carbocycles. The molecule has 0 saturated heterocycles. The Morgan fingerprint density at radius 1 is 1.43 bits per heavy atom. The summed E-state index contributed by atoms with van der Waals surface area (Å²) in [6, 6.07) is 3.54. The standard InChI is InChI=1S/C14H18N4O3/c1-9(11-7-6-8-15-11)18-12(19)17(10(2)16-18)13(20)21-14(3,4)5/h6-8,15H,1H2,2-5H3. The Balaban J connectivity index is 2.41. The van der Waals surface area contributed by atoms with E-state index in [1.54, 1.807) is 46.0 Å². The Labute approximate surface area is 121 Å². The minimum atomic E-state index is -0.754. The van der Waals surface area contributed by atoms with Gasteiger partial charge < -0.3 is 9.72 Å². The third-order valence-corrected chi connectivity index (χ3v) is 2.68. The summed E-state index contributed by atoms with van der Waals surface area (Å²) in [5.41, 5.74) is -0.302. The monoisotopic (exact) mass is 290 g/mol. The van der Waals surface area contributed by atoms with E-state index in [2.05, 4.69) is 16.7 Å². The normalized spacial score (nSPS) is 11.4. The van der Waals surface area contributed by atoms with Crippen LogP contribution < -0.4 is 5.69 Å². The Hall–Kier alpha value is -2.57. The number of nitrogens with one attached hydrogen (secondary N) is 1. The highest BCUT2D eigenvalue weighted by Crippen LogP contribution is 2.11. The van der Waals surface area contributed by atoms with Gasteiger partial charge in [-0.3, -0.25) is 0 Å². The number of rotatable bonds is 2. The molecule has 0 bridgehead atoms. The number of H-pyrrole nitrogens is 1. The number of hydrogen-bond donors (Lipinski definition) is 1. The molecule has 2 aromatic rings. The van der Waals surface area contributed by atoms with Gasteiger partial charge in [0, 0.05) is 6.20 Å². The number of aromatic amines is 1. The van der Waals surface area contributed by atoms with Crippen LogP contribution >= 0.6 is 0 Å². The van der Waals surface area contributed by atoms with Crippen LogP contribution in [0.1, 0.15) is 32.3 Å². The van der Waals surface area contributed by atoms with Crippen LogP contribution in [0.5, 0.6) is 0 Å². The molecule has 0 fully saturated rings. The van der Waals surface area contributed by atoms with E-state index in [1.165, 1.54) is 0 Å². The summed E-state index contributed by atoms with van der Waals surface area (Å²) in [5, 5.41) is 4.06. The van der Waals surface area contributed by atoms with Crippen LogP contribution in [0.3, 0.4) is 0 Å². The second-order valence-electron chi connectivity index (χ2n) is 5.59. The van der Waals surface area contributed by atoms with E-state index in [0.717, 1.165) is 9.25 Å². The van der Waals surface area contributed by atoms with E-state index >= 15 is 0 Å². The molecule has 7 heteroatoms. The largest absolute Gasteiger partial charge is 0.443 e. The van der Waals surface area contributed by atoms with Crippen molar-refractivity contribution in [3.63, 3.8) is 0 Å². The molecule has 0 radical (unpaired) electrons. The van der Waals surface area contributed by atoms with Gasteiger partial charge in [0.05, 0.1) is 11.4 Å². The zero-order valence-corrected chi connectivity index (χ0v) is 12.5. The number of carbonyl (C=O) groups excluding carboxylic acids is 1. The molecule has 2 aromatic heterocycles. The van der Waals surface area contributed by atoms with E-state index in [-0.39, 0.29) is 5.82 Å². The predicted molar refractivity (Wildman–Crippen MR) is 78.1 cm³/mol. The maximum absolute atomic E-state index is 12.3. The molecule has 21 heavy (non-hydrogen) atoms. The van der Waals surface area contributed by atoms with E-state index in [1.807, 2.05) is 0 Å². The highest BCUT2D eigenvalue weighted by molar-refractivity contribution is 5.71. The first kappa shape index (κ1) is 14.8. The Bertz CT molecular complexity index is 729. The van der Waals surface area contributed by atoms with Crippen molar-refractivity contribution in [2.75, 3.05) is 0 Å². The average Bonchev–Trinajstić information content (AvgIpc) is 2.94. The van der Waals surface area contributed by atoms with Crippen LogP contribution in [0, 0.1) is 6.92 Å². The Morgan fingerprint density at radius 2 is 2.10 bits per heavy atom. The zero-order chi connectivity index (χ0) is 15.8. The van der Waals surface area contributed by atoms with Gasteiger partial charge in [0.2, 0.25) is 0 Å². The number of ether oxygens (including phenoxy) is 1.